The second-order valence-electron chi connectivity index (χ2n) is 6.20. The van der Waals surface area contributed by atoms with Crippen LogP contribution in [0.3, 0.4) is 0 Å². The van der Waals surface area contributed by atoms with E-state index in [-0.39, 0.29) is 5.54 Å². The molecule has 0 aliphatic carbocycles. The third-order valence-corrected chi connectivity index (χ3v) is 4.41. The first kappa shape index (κ1) is 16.9. The van der Waals surface area contributed by atoms with Gasteiger partial charge in [0.15, 0.2) is 0 Å². The first-order valence-electron chi connectivity index (χ1n) is 7.56. The van der Waals surface area contributed by atoms with Gasteiger partial charge in [0.05, 0.1) is 19.8 Å². The minimum Gasteiger partial charge on any atom is -0.382 e. The molecule has 4 nitrogen and oxygen atoms in total. The maximum Gasteiger partial charge on any atom is 0.0700 e. The third-order valence-electron chi connectivity index (χ3n) is 4.41. The summed E-state index contributed by atoms with van der Waals surface area (Å²) in [6.07, 6.45) is 2.37. The summed E-state index contributed by atoms with van der Waals surface area (Å²) in [6, 6.07) is 0. The van der Waals surface area contributed by atoms with Gasteiger partial charge in [-0.3, -0.25) is 4.90 Å². The molecule has 1 aliphatic rings. The average molecular weight is 272 g/mol. The van der Waals surface area contributed by atoms with Crippen LogP contribution in [0.4, 0.5) is 0 Å². The standard InChI is InChI=1S/C15H32N2O2/c1-6-15(7-2)12-16-14(3,4)13-17(15)8-9-19-11-10-18-5/h16H,6-13H2,1-5H3. The van der Waals surface area contributed by atoms with Gasteiger partial charge in [-0.15, -0.1) is 0 Å². The van der Waals surface area contributed by atoms with Gasteiger partial charge < -0.3 is 14.8 Å². The fourth-order valence-electron chi connectivity index (χ4n) is 2.90. The van der Waals surface area contributed by atoms with Crippen molar-refractivity contribution in [3.05, 3.63) is 0 Å². The molecule has 0 spiro atoms. The Morgan fingerprint density at radius 2 is 1.79 bits per heavy atom. The SMILES string of the molecule is CCC1(CC)CNC(C)(C)CN1CCOCCOC. The van der Waals surface area contributed by atoms with Crippen LogP contribution in [-0.4, -0.2) is 62.5 Å². The maximum atomic E-state index is 5.64. The van der Waals surface area contributed by atoms with Crippen LogP contribution in [0.25, 0.3) is 0 Å². The highest BCUT2D eigenvalue weighted by Gasteiger charge is 2.41. The summed E-state index contributed by atoms with van der Waals surface area (Å²) in [5.41, 5.74) is 0.487. The van der Waals surface area contributed by atoms with E-state index in [0.29, 0.717) is 18.8 Å². The van der Waals surface area contributed by atoms with Gasteiger partial charge in [-0.2, -0.15) is 0 Å². The lowest BCUT2D eigenvalue weighted by Crippen LogP contribution is -2.68. The van der Waals surface area contributed by atoms with Gasteiger partial charge in [0.1, 0.15) is 0 Å². The molecule has 1 aliphatic heterocycles. The minimum absolute atomic E-state index is 0.195. The van der Waals surface area contributed by atoms with Gasteiger partial charge in [-0.25, -0.2) is 0 Å². The second-order valence-corrected chi connectivity index (χ2v) is 6.20. The van der Waals surface area contributed by atoms with E-state index in [4.69, 9.17) is 9.47 Å². The van der Waals surface area contributed by atoms with Crippen LogP contribution in [-0.2, 0) is 9.47 Å². The van der Waals surface area contributed by atoms with Crippen molar-refractivity contribution in [1.82, 2.24) is 10.2 Å². The predicted molar refractivity (Wildman–Crippen MR) is 79.7 cm³/mol. The molecule has 1 rings (SSSR count). The van der Waals surface area contributed by atoms with Gasteiger partial charge in [0, 0.05) is 37.8 Å². The van der Waals surface area contributed by atoms with Crippen molar-refractivity contribution in [2.24, 2.45) is 0 Å². The Hall–Kier alpha value is -0.160. The fourth-order valence-corrected chi connectivity index (χ4v) is 2.90. The highest BCUT2D eigenvalue weighted by Crippen LogP contribution is 2.29. The molecule has 0 aromatic rings. The van der Waals surface area contributed by atoms with E-state index in [1.807, 2.05) is 0 Å². The first-order chi connectivity index (χ1) is 8.99. The molecule has 1 N–H and O–H groups in total. The van der Waals surface area contributed by atoms with Crippen LogP contribution >= 0.6 is 0 Å². The largest absolute Gasteiger partial charge is 0.382 e. The molecule has 114 valence electrons. The summed E-state index contributed by atoms with van der Waals surface area (Å²) in [5, 5.41) is 3.69. The quantitative estimate of drug-likeness (QED) is 0.684. The molecule has 0 atom stereocenters. The number of nitrogens with zero attached hydrogens (tertiary/aromatic N) is 1. The fraction of sp³-hybridized carbons (Fsp3) is 1.00. The smallest absolute Gasteiger partial charge is 0.0700 e. The van der Waals surface area contributed by atoms with Crippen molar-refractivity contribution in [1.29, 1.82) is 0 Å². The van der Waals surface area contributed by atoms with Crippen molar-refractivity contribution < 1.29 is 9.47 Å². The molecule has 0 amide bonds. The van der Waals surface area contributed by atoms with E-state index in [0.717, 1.165) is 26.2 Å². The van der Waals surface area contributed by atoms with Gasteiger partial charge in [0.2, 0.25) is 0 Å². The van der Waals surface area contributed by atoms with Gasteiger partial charge in [-0.05, 0) is 26.7 Å². The predicted octanol–water partition coefficient (Wildman–Crippen LogP) is 1.89. The molecule has 1 heterocycles. The van der Waals surface area contributed by atoms with Crippen molar-refractivity contribution in [3.8, 4) is 0 Å². The Labute approximate surface area is 118 Å². The third kappa shape index (κ3) is 4.71. The van der Waals surface area contributed by atoms with Crippen LogP contribution in [0, 0.1) is 0 Å². The molecule has 0 radical (unpaired) electrons. The number of ether oxygens (including phenoxy) is 2. The van der Waals surface area contributed by atoms with Crippen LogP contribution in [0.1, 0.15) is 40.5 Å². The molecule has 4 heteroatoms. The molecule has 1 saturated heterocycles. The molecular weight excluding hydrogens is 240 g/mol. The number of nitrogens with one attached hydrogen (secondary N) is 1. The summed E-state index contributed by atoms with van der Waals surface area (Å²) in [5.74, 6) is 0. The second kappa shape index (κ2) is 7.58. The van der Waals surface area contributed by atoms with Crippen molar-refractivity contribution in [2.75, 3.05) is 46.6 Å². The Bertz CT molecular complexity index is 253. The zero-order valence-corrected chi connectivity index (χ0v) is 13.4. The minimum atomic E-state index is 0.195. The Morgan fingerprint density at radius 3 is 2.37 bits per heavy atom. The number of rotatable bonds is 8. The number of piperazine rings is 1. The highest BCUT2D eigenvalue weighted by molar-refractivity contribution is 5.00. The highest BCUT2D eigenvalue weighted by atomic mass is 16.5. The number of methoxy groups -OCH3 is 1. The lowest BCUT2D eigenvalue weighted by Gasteiger charge is -2.52. The maximum absolute atomic E-state index is 5.64. The van der Waals surface area contributed by atoms with Crippen molar-refractivity contribution in [3.63, 3.8) is 0 Å². The van der Waals surface area contributed by atoms with Crippen LogP contribution in [0.5, 0.6) is 0 Å². The van der Waals surface area contributed by atoms with E-state index in [1.54, 1.807) is 7.11 Å². The Kier molecular flexibility index (Phi) is 6.74. The summed E-state index contributed by atoms with van der Waals surface area (Å²) in [7, 11) is 1.71. The molecule has 0 unspecified atom stereocenters. The summed E-state index contributed by atoms with van der Waals surface area (Å²) in [4.78, 5) is 2.62. The van der Waals surface area contributed by atoms with E-state index in [1.165, 1.54) is 12.8 Å². The lowest BCUT2D eigenvalue weighted by molar-refractivity contribution is -0.0178. The van der Waals surface area contributed by atoms with Crippen LogP contribution < -0.4 is 5.32 Å². The summed E-state index contributed by atoms with van der Waals surface area (Å²) < 4.78 is 10.6. The van der Waals surface area contributed by atoms with Crippen LogP contribution in [0.15, 0.2) is 0 Å². The number of hydrogen-bond donors (Lipinski definition) is 1. The Morgan fingerprint density at radius 1 is 1.11 bits per heavy atom. The van der Waals surface area contributed by atoms with Crippen molar-refractivity contribution >= 4 is 0 Å². The van der Waals surface area contributed by atoms with Gasteiger partial charge in [-0.1, -0.05) is 13.8 Å². The molecule has 0 aromatic heterocycles. The zero-order valence-electron chi connectivity index (χ0n) is 13.4. The summed E-state index contributed by atoms with van der Waals surface area (Å²) in [6.45, 7) is 14.5. The van der Waals surface area contributed by atoms with E-state index < -0.39 is 0 Å². The molecule has 19 heavy (non-hydrogen) atoms. The molecular formula is C15H32N2O2. The number of hydrogen-bond acceptors (Lipinski definition) is 4. The molecule has 0 aromatic carbocycles. The molecule has 0 saturated carbocycles. The normalized spacial score (nSPS) is 22.6. The van der Waals surface area contributed by atoms with E-state index >= 15 is 0 Å². The molecule has 0 bridgehead atoms. The van der Waals surface area contributed by atoms with E-state index in [9.17, 15) is 0 Å². The van der Waals surface area contributed by atoms with Crippen LogP contribution in [0.2, 0.25) is 0 Å². The lowest BCUT2D eigenvalue weighted by atomic mass is 9.84. The van der Waals surface area contributed by atoms with Crippen molar-refractivity contribution in [2.45, 2.75) is 51.6 Å². The van der Waals surface area contributed by atoms with Gasteiger partial charge >= 0.3 is 0 Å². The Balaban J connectivity index is 2.52. The monoisotopic (exact) mass is 272 g/mol. The molecule has 1 fully saturated rings. The topological polar surface area (TPSA) is 33.7 Å². The zero-order chi connectivity index (χ0) is 14.4. The first-order valence-corrected chi connectivity index (χ1v) is 7.56. The van der Waals surface area contributed by atoms with E-state index in [2.05, 4.69) is 37.9 Å². The van der Waals surface area contributed by atoms with Gasteiger partial charge in [0.25, 0.3) is 0 Å². The average Bonchev–Trinajstić information content (AvgIpc) is 2.39. The summed E-state index contributed by atoms with van der Waals surface area (Å²) >= 11 is 0.